The van der Waals surface area contributed by atoms with Crippen LogP contribution in [0.2, 0.25) is 0 Å². The van der Waals surface area contributed by atoms with Gasteiger partial charge >= 0.3 is 0 Å². The van der Waals surface area contributed by atoms with Crippen LogP contribution in [-0.2, 0) is 14.8 Å². The summed E-state index contributed by atoms with van der Waals surface area (Å²) in [6.45, 7) is 9.31. The summed E-state index contributed by atoms with van der Waals surface area (Å²) in [6, 6.07) is 13.8. The van der Waals surface area contributed by atoms with E-state index in [1.54, 1.807) is 42.5 Å². The third-order valence-corrected chi connectivity index (χ3v) is 6.34. The Morgan fingerprint density at radius 1 is 1.04 bits per heavy atom. The van der Waals surface area contributed by atoms with Crippen molar-refractivity contribution < 1.29 is 13.2 Å². The first kappa shape index (κ1) is 21.0. The van der Waals surface area contributed by atoms with Crippen LogP contribution in [0.4, 0.5) is 5.69 Å². The highest BCUT2D eigenvalue weighted by Crippen LogP contribution is 2.25. The lowest BCUT2D eigenvalue weighted by Gasteiger charge is -2.28. The molecule has 146 valence electrons. The van der Waals surface area contributed by atoms with Crippen LogP contribution in [0.3, 0.4) is 0 Å². The lowest BCUT2D eigenvalue weighted by molar-refractivity contribution is -0.121. The molecule has 5 nitrogen and oxygen atoms in total. The molecule has 0 aliphatic heterocycles. The van der Waals surface area contributed by atoms with Gasteiger partial charge in [0.05, 0.1) is 10.6 Å². The third kappa shape index (κ3) is 5.32. The third-order valence-electron chi connectivity index (χ3n) is 4.55. The number of benzene rings is 2. The zero-order chi connectivity index (χ0) is 20.2. The van der Waals surface area contributed by atoms with Gasteiger partial charge in [0.15, 0.2) is 0 Å². The van der Waals surface area contributed by atoms with Crippen LogP contribution < -0.4 is 9.62 Å². The molecule has 0 saturated carbocycles. The van der Waals surface area contributed by atoms with Gasteiger partial charge in [-0.05, 0) is 63.9 Å². The number of carbonyl (C=O) groups is 1. The fourth-order valence-corrected chi connectivity index (χ4v) is 3.98. The average Bonchev–Trinajstić information content (AvgIpc) is 2.59. The summed E-state index contributed by atoms with van der Waals surface area (Å²) in [6.07, 6.45) is 0.744. The Labute approximate surface area is 162 Å². The summed E-state index contributed by atoms with van der Waals surface area (Å²) in [5, 5.41) is 2.91. The van der Waals surface area contributed by atoms with Gasteiger partial charge in [0, 0.05) is 5.54 Å². The molecule has 2 rings (SSSR count). The molecule has 1 N–H and O–H groups in total. The van der Waals surface area contributed by atoms with E-state index in [0.29, 0.717) is 5.69 Å². The lowest BCUT2D eigenvalue weighted by atomic mass is 10.0. The molecule has 0 bridgehead atoms. The molecule has 0 spiro atoms. The number of nitrogens with one attached hydrogen (secondary N) is 1. The Kier molecular flexibility index (Phi) is 6.31. The van der Waals surface area contributed by atoms with E-state index in [9.17, 15) is 13.2 Å². The molecule has 27 heavy (non-hydrogen) atoms. The van der Waals surface area contributed by atoms with Gasteiger partial charge < -0.3 is 5.32 Å². The molecule has 0 unspecified atom stereocenters. The number of aryl methyl sites for hydroxylation is 2. The van der Waals surface area contributed by atoms with E-state index in [2.05, 4.69) is 5.32 Å². The summed E-state index contributed by atoms with van der Waals surface area (Å²) in [4.78, 5) is 12.8. The van der Waals surface area contributed by atoms with Crippen LogP contribution in [-0.4, -0.2) is 26.4 Å². The first-order chi connectivity index (χ1) is 12.5. The Balaban J connectivity index is 2.44. The normalized spacial score (nSPS) is 11.9. The molecular formula is C21H28N2O3S. The smallest absolute Gasteiger partial charge is 0.264 e. The van der Waals surface area contributed by atoms with Crippen LogP contribution >= 0.6 is 0 Å². The van der Waals surface area contributed by atoms with Crippen LogP contribution in [0.15, 0.2) is 53.4 Å². The zero-order valence-electron chi connectivity index (χ0n) is 16.6. The number of amides is 1. The van der Waals surface area contributed by atoms with Crippen molar-refractivity contribution in [1.82, 2.24) is 5.32 Å². The summed E-state index contributed by atoms with van der Waals surface area (Å²) in [5.74, 6) is -0.334. The summed E-state index contributed by atoms with van der Waals surface area (Å²) in [7, 11) is -3.87. The summed E-state index contributed by atoms with van der Waals surface area (Å²) in [5.41, 5.74) is 1.97. The number of hydrogen-bond donors (Lipinski definition) is 1. The van der Waals surface area contributed by atoms with Crippen molar-refractivity contribution in [2.45, 2.75) is 51.5 Å². The van der Waals surface area contributed by atoms with Gasteiger partial charge in [0.1, 0.15) is 6.54 Å². The van der Waals surface area contributed by atoms with Gasteiger partial charge in [-0.2, -0.15) is 0 Å². The van der Waals surface area contributed by atoms with Crippen molar-refractivity contribution in [3.8, 4) is 0 Å². The van der Waals surface area contributed by atoms with Crippen LogP contribution in [0, 0.1) is 13.8 Å². The lowest BCUT2D eigenvalue weighted by Crippen LogP contribution is -2.48. The van der Waals surface area contributed by atoms with Crippen molar-refractivity contribution in [3.63, 3.8) is 0 Å². The largest absolute Gasteiger partial charge is 0.350 e. The first-order valence-corrected chi connectivity index (χ1v) is 10.5. The van der Waals surface area contributed by atoms with Gasteiger partial charge in [0.2, 0.25) is 5.91 Å². The second-order valence-electron chi connectivity index (χ2n) is 7.45. The van der Waals surface area contributed by atoms with Crippen LogP contribution in [0.5, 0.6) is 0 Å². The van der Waals surface area contributed by atoms with Crippen molar-refractivity contribution in [2.24, 2.45) is 0 Å². The molecule has 2 aromatic rings. The maximum atomic E-state index is 13.3. The van der Waals surface area contributed by atoms with Crippen molar-refractivity contribution in [2.75, 3.05) is 10.8 Å². The van der Waals surface area contributed by atoms with Crippen molar-refractivity contribution >= 4 is 21.6 Å². The van der Waals surface area contributed by atoms with Crippen LogP contribution in [0.25, 0.3) is 0 Å². The monoisotopic (exact) mass is 388 g/mol. The zero-order valence-corrected chi connectivity index (χ0v) is 17.4. The Morgan fingerprint density at radius 2 is 1.67 bits per heavy atom. The van der Waals surface area contributed by atoms with Crippen LogP contribution in [0.1, 0.15) is 38.3 Å². The molecule has 0 saturated heterocycles. The SMILES string of the molecule is CCC(C)(C)NC(=O)CN(c1cccc(C)c1)S(=O)(=O)c1ccc(C)cc1. The Morgan fingerprint density at radius 3 is 2.22 bits per heavy atom. The van der Waals surface area contributed by atoms with Gasteiger partial charge in [0.25, 0.3) is 10.0 Å². The number of hydrogen-bond acceptors (Lipinski definition) is 3. The number of carbonyl (C=O) groups excluding carboxylic acids is 1. The van der Waals surface area contributed by atoms with Crippen molar-refractivity contribution in [1.29, 1.82) is 0 Å². The summed E-state index contributed by atoms with van der Waals surface area (Å²) >= 11 is 0. The van der Waals surface area contributed by atoms with Gasteiger partial charge in [-0.1, -0.05) is 36.8 Å². The fraction of sp³-hybridized carbons (Fsp3) is 0.381. The predicted molar refractivity (Wildman–Crippen MR) is 109 cm³/mol. The minimum absolute atomic E-state index is 0.164. The second-order valence-corrected chi connectivity index (χ2v) is 9.31. The Hall–Kier alpha value is -2.34. The highest BCUT2D eigenvalue weighted by Gasteiger charge is 2.28. The fourth-order valence-electron chi connectivity index (χ4n) is 2.57. The standard InChI is InChI=1S/C21H28N2O3S/c1-6-21(4,5)22-20(24)15-23(18-9-7-8-17(3)14-18)27(25,26)19-12-10-16(2)11-13-19/h7-14H,6,15H2,1-5H3,(H,22,24). The maximum Gasteiger partial charge on any atom is 0.264 e. The number of rotatable bonds is 7. The van der Waals surface area contributed by atoms with E-state index in [-0.39, 0.29) is 17.3 Å². The molecule has 0 aromatic heterocycles. The first-order valence-electron chi connectivity index (χ1n) is 9.02. The van der Waals surface area contributed by atoms with E-state index < -0.39 is 15.6 Å². The number of anilines is 1. The van der Waals surface area contributed by atoms with E-state index in [4.69, 9.17) is 0 Å². The van der Waals surface area contributed by atoms with Gasteiger partial charge in [-0.15, -0.1) is 0 Å². The summed E-state index contributed by atoms with van der Waals surface area (Å²) < 4.78 is 27.7. The molecule has 0 aliphatic carbocycles. The van der Waals surface area contributed by atoms with Crippen molar-refractivity contribution in [3.05, 3.63) is 59.7 Å². The quantitative estimate of drug-likeness (QED) is 0.784. The second kappa shape index (κ2) is 8.13. The average molecular weight is 389 g/mol. The number of sulfonamides is 1. The molecule has 0 fully saturated rings. The van der Waals surface area contributed by atoms with E-state index >= 15 is 0 Å². The topological polar surface area (TPSA) is 66.5 Å². The maximum absolute atomic E-state index is 13.3. The van der Waals surface area contributed by atoms with Gasteiger partial charge in [-0.25, -0.2) is 8.42 Å². The van der Waals surface area contributed by atoms with E-state index in [0.717, 1.165) is 17.5 Å². The minimum atomic E-state index is -3.87. The predicted octanol–water partition coefficient (Wildman–Crippen LogP) is 3.80. The molecule has 2 aromatic carbocycles. The highest BCUT2D eigenvalue weighted by atomic mass is 32.2. The molecule has 0 radical (unpaired) electrons. The Bertz CT molecular complexity index is 903. The molecule has 0 atom stereocenters. The molecule has 0 heterocycles. The molecule has 1 amide bonds. The minimum Gasteiger partial charge on any atom is -0.350 e. The molecule has 0 aliphatic rings. The molecule has 6 heteroatoms. The van der Waals surface area contributed by atoms with Gasteiger partial charge in [-0.3, -0.25) is 9.10 Å². The van der Waals surface area contributed by atoms with E-state index in [1.165, 1.54) is 4.31 Å². The number of nitrogens with zero attached hydrogens (tertiary/aromatic N) is 1. The molecular weight excluding hydrogens is 360 g/mol. The van der Waals surface area contributed by atoms with E-state index in [1.807, 2.05) is 40.7 Å². The highest BCUT2D eigenvalue weighted by molar-refractivity contribution is 7.92.